The van der Waals surface area contributed by atoms with Crippen molar-refractivity contribution in [3.63, 3.8) is 0 Å². The minimum absolute atomic E-state index is 0.159. The van der Waals surface area contributed by atoms with Crippen LogP contribution >= 0.6 is 0 Å². The Labute approximate surface area is 208 Å². The van der Waals surface area contributed by atoms with Gasteiger partial charge in [0.05, 0.1) is 18.6 Å². The summed E-state index contributed by atoms with van der Waals surface area (Å²) in [7, 11) is 0. The van der Waals surface area contributed by atoms with Crippen LogP contribution in [-0.2, 0) is 9.53 Å². The zero-order valence-corrected chi connectivity index (χ0v) is 21.8. The Bertz CT molecular complexity index is 852. The summed E-state index contributed by atoms with van der Waals surface area (Å²) in [4.78, 5) is 25.1. The van der Waals surface area contributed by atoms with Crippen LogP contribution in [0.5, 0.6) is 0 Å². The molecule has 4 unspecified atom stereocenters. The average molecular weight is 492 g/mol. The van der Waals surface area contributed by atoms with Crippen LogP contribution in [0.3, 0.4) is 0 Å². The summed E-state index contributed by atoms with van der Waals surface area (Å²) in [6.07, 6.45) is -0.984. The van der Waals surface area contributed by atoms with Crippen LogP contribution in [0.15, 0.2) is 40.7 Å². The number of hydrogen-bond donors (Lipinski definition) is 5. The molecular formula is C24H41N7O4. The Morgan fingerprint density at radius 2 is 1.80 bits per heavy atom. The van der Waals surface area contributed by atoms with E-state index in [9.17, 15) is 14.7 Å². The van der Waals surface area contributed by atoms with Crippen molar-refractivity contribution in [1.29, 1.82) is 0 Å². The molecule has 1 aliphatic heterocycles. The molecule has 2 amide bonds. The molecule has 0 saturated heterocycles. The van der Waals surface area contributed by atoms with Gasteiger partial charge in [0, 0.05) is 5.54 Å². The minimum Gasteiger partial charge on any atom is -0.444 e. The predicted molar refractivity (Wildman–Crippen MR) is 133 cm³/mol. The summed E-state index contributed by atoms with van der Waals surface area (Å²) < 4.78 is 5.29. The number of carbonyl (C=O) groups is 2. The SMILES string of the molecule is CCCC(NC(=O)OC(C)(C)C)C(O)NCC(=O)NC(c1ccccc1)C1N=NNN1C(C)(C)C. The van der Waals surface area contributed by atoms with Crippen LogP contribution in [0.2, 0.25) is 0 Å². The molecule has 0 bridgehead atoms. The van der Waals surface area contributed by atoms with Crippen molar-refractivity contribution in [3.8, 4) is 0 Å². The van der Waals surface area contributed by atoms with Crippen LogP contribution in [0, 0.1) is 0 Å². The molecule has 0 aromatic heterocycles. The molecule has 1 aromatic carbocycles. The predicted octanol–water partition coefficient (Wildman–Crippen LogP) is 2.76. The van der Waals surface area contributed by atoms with E-state index in [1.165, 1.54) is 0 Å². The maximum Gasteiger partial charge on any atom is 0.408 e. The van der Waals surface area contributed by atoms with E-state index in [1.54, 1.807) is 20.8 Å². The number of alkyl carbamates (subject to hydrolysis) is 1. The number of ether oxygens (including phenoxy) is 1. The number of carbonyl (C=O) groups excluding carboxylic acids is 2. The lowest BCUT2D eigenvalue weighted by molar-refractivity contribution is -0.122. The Balaban J connectivity index is 2.05. The number of aliphatic hydroxyl groups excluding tert-OH is 1. The quantitative estimate of drug-likeness (QED) is 0.317. The van der Waals surface area contributed by atoms with E-state index in [1.807, 2.05) is 63.0 Å². The molecule has 0 aliphatic carbocycles. The number of amides is 2. The van der Waals surface area contributed by atoms with E-state index in [4.69, 9.17) is 4.74 Å². The highest BCUT2D eigenvalue weighted by Gasteiger charge is 2.39. The Kier molecular flexibility index (Phi) is 9.99. The molecule has 196 valence electrons. The molecule has 1 heterocycles. The summed E-state index contributed by atoms with van der Waals surface area (Å²) >= 11 is 0. The van der Waals surface area contributed by atoms with Gasteiger partial charge < -0.3 is 20.5 Å². The van der Waals surface area contributed by atoms with Crippen molar-refractivity contribution in [2.45, 2.75) is 96.9 Å². The fraction of sp³-hybridized carbons (Fsp3) is 0.667. The van der Waals surface area contributed by atoms with Crippen molar-refractivity contribution in [1.82, 2.24) is 26.5 Å². The number of hydrogen-bond acceptors (Lipinski definition) is 9. The van der Waals surface area contributed by atoms with Crippen LogP contribution in [0.1, 0.15) is 72.9 Å². The third-order valence-corrected chi connectivity index (χ3v) is 5.24. The van der Waals surface area contributed by atoms with Gasteiger partial charge in [-0.15, -0.1) is 5.11 Å². The van der Waals surface area contributed by atoms with Gasteiger partial charge in [-0.1, -0.05) is 48.9 Å². The second kappa shape index (κ2) is 12.3. The van der Waals surface area contributed by atoms with Crippen LogP contribution in [-0.4, -0.2) is 58.2 Å². The molecule has 5 N–H and O–H groups in total. The van der Waals surface area contributed by atoms with Gasteiger partial charge in [0.2, 0.25) is 5.91 Å². The van der Waals surface area contributed by atoms with Crippen molar-refractivity contribution in [2.24, 2.45) is 10.3 Å². The third kappa shape index (κ3) is 9.08. The number of aliphatic hydroxyl groups is 1. The molecule has 0 spiro atoms. The maximum absolute atomic E-state index is 12.9. The first kappa shape index (κ1) is 28.5. The molecule has 11 heteroatoms. The number of nitrogens with zero attached hydrogens (tertiary/aromatic N) is 3. The summed E-state index contributed by atoms with van der Waals surface area (Å²) in [5, 5.41) is 29.3. The van der Waals surface area contributed by atoms with E-state index >= 15 is 0 Å². The van der Waals surface area contributed by atoms with Crippen molar-refractivity contribution in [3.05, 3.63) is 35.9 Å². The normalized spacial score (nSPS) is 18.9. The van der Waals surface area contributed by atoms with Gasteiger partial charge in [0.25, 0.3) is 0 Å². The van der Waals surface area contributed by atoms with E-state index in [0.29, 0.717) is 6.42 Å². The van der Waals surface area contributed by atoms with E-state index in [0.717, 1.165) is 12.0 Å². The lowest BCUT2D eigenvalue weighted by Crippen LogP contribution is -2.56. The van der Waals surface area contributed by atoms with Gasteiger partial charge in [-0.2, -0.15) is 5.01 Å². The van der Waals surface area contributed by atoms with Crippen molar-refractivity contribution in [2.75, 3.05) is 6.54 Å². The standard InChI is InChI=1S/C24H41N7O4/c1-8-12-17(26-22(34)35-24(5,6)7)21(33)25-15-18(32)27-19(16-13-10-9-11-14-16)20-28-29-30-31(20)23(2,3)4/h9-11,13-14,17,19-21,25,33H,8,12,15H2,1-7H3,(H,26,34)(H,27,32)(H,28,30). The third-order valence-electron chi connectivity index (χ3n) is 5.24. The van der Waals surface area contributed by atoms with Crippen molar-refractivity contribution >= 4 is 12.0 Å². The Hall–Kier alpha value is -2.76. The summed E-state index contributed by atoms with van der Waals surface area (Å²) in [6.45, 7) is 13.2. The highest BCUT2D eigenvalue weighted by atomic mass is 16.6. The van der Waals surface area contributed by atoms with E-state index in [2.05, 4.69) is 31.8 Å². The lowest BCUT2D eigenvalue weighted by Gasteiger charge is -2.37. The van der Waals surface area contributed by atoms with Gasteiger partial charge in [0.1, 0.15) is 11.8 Å². The molecule has 11 nitrogen and oxygen atoms in total. The largest absolute Gasteiger partial charge is 0.444 e. The lowest BCUT2D eigenvalue weighted by atomic mass is 10.0. The first-order chi connectivity index (χ1) is 16.3. The van der Waals surface area contributed by atoms with Crippen LogP contribution in [0.4, 0.5) is 4.79 Å². The van der Waals surface area contributed by atoms with Gasteiger partial charge in [-0.3, -0.25) is 10.1 Å². The van der Waals surface area contributed by atoms with Gasteiger partial charge >= 0.3 is 6.09 Å². The smallest absolute Gasteiger partial charge is 0.408 e. The number of benzene rings is 1. The fourth-order valence-corrected chi connectivity index (χ4v) is 3.64. The molecule has 0 fully saturated rings. The fourth-order valence-electron chi connectivity index (χ4n) is 3.64. The van der Waals surface area contributed by atoms with Crippen LogP contribution in [0.25, 0.3) is 0 Å². The van der Waals surface area contributed by atoms with Gasteiger partial charge in [-0.05, 0) is 53.5 Å². The molecule has 2 rings (SSSR count). The maximum atomic E-state index is 12.9. The topological polar surface area (TPSA) is 140 Å². The van der Waals surface area contributed by atoms with Crippen LogP contribution < -0.4 is 21.5 Å². The molecule has 1 aliphatic rings. The van der Waals surface area contributed by atoms with Gasteiger partial charge in [-0.25, -0.2) is 10.3 Å². The monoisotopic (exact) mass is 491 g/mol. The zero-order chi connectivity index (χ0) is 26.2. The Morgan fingerprint density at radius 3 is 2.37 bits per heavy atom. The zero-order valence-electron chi connectivity index (χ0n) is 21.8. The summed E-state index contributed by atoms with van der Waals surface area (Å²) in [5.74, 6) is -0.332. The first-order valence-corrected chi connectivity index (χ1v) is 12.0. The van der Waals surface area contributed by atoms with Crippen molar-refractivity contribution < 1.29 is 19.4 Å². The van der Waals surface area contributed by atoms with E-state index < -0.39 is 36.2 Å². The number of hydrazine groups is 1. The highest BCUT2D eigenvalue weighted by molar-refractivity contribution is 5.78. The second-order valence-electron chi connectivity index (χ2n) is 10.6. The minimum atomic E-state index is -1.14. The second-order valence-corrected chi connectivity index (χ2v) is 10.6. The molecule has 0 radical (unpaired) electrons. The molecule has 0 saturated carbocycles. The summed E-state index contributed by atoms with van der Waals surface area (Å²) in [5.41, 5.74) is 2.83. The highest BCUT2D eigenvalue weighted by Crippen LogP contribution is 2.29. The van der Waals surface area contributed by atoms with E-state index in [-0.39, 0.29) is 18.0 Å². The molecular weight excluding hydrogens is 450 g/mol. The number of rotatable bonds is 10. The van der Waals surface area contributed by atoms with Gasteiger partial charge in [0.15, 0.2) is 6.17 Å². The molecule has 4 atom stereocenters. The Morgan fingerprint density at radius 1 is 1.14 bits per heavy atom. The average Bonchev–Trinajstić information content (AvgIpc) is 3.25. The molecule has 35 heavy (non-hydrogen) atoms. The molecule has 1 aromatic rings. The summed E-state index contributed by atoms with van der Waals surface area (Å²) in [6, 6.07) is 8.45. The number of nitrogens with one attached hydrogen (secondary N) is 4. The first-order valence-electron chi connectivity index (χ1n) is 12.0.